The van der Waals surface area contributed by atoms with Crippen LogP contribution in [-0.4, -0.2) is 51.3 Å². The molecule has 2 saturated heterocycles. The van der Waals surface area contributed by atoms with Crippen LogP contribution in [0.25, 0.3) is 10.9 Å². The normalized spacial score (nSPS) is 21.9. The quantitative estimate of drug-likeness (QED) is 0.711. The van der Waals surface area contributed by atoms with E-state index in [9.17, 15) is 0 Å². The SMILES string of the molecule is c1ccc2nc(CN3CC4(C[C@H](Oc5cnccn5)CCO4)C3)ccc2c1. The van der Waals surface area contributed by atoms with E-state index in [-0.39, 0.29) is 11.7 Å². The second-order valence-corrected chi connectivity index (χ2v) is 7.45. The second kappa shape index (κ2) is 6.87. The average molecular weight is 362 g/mol. The van der Waals surface area contributed by atoms with Crippen LogP contribution in [0.5, 0.6) is 5.88 Å². The lowest BCUT2D eigenvalue weighted by molar-refractivity contribution is -0.188. The summed E-state index contributed by atoms with van der Waals surface area (Å²) in [6.07, 6.45) is 6.90. The topological polar surface area (TPSA) is 60.4 Å². The van der Waals surface area contributed by atoms with Gasteiger partial charge in [-0.15, -0.1) is 0 Å². The summed E-state index contributed by atoms with van der Waals surface area (Å²) in [5.74, 6) is 0.594. The Morgan fingerprint density at radius 2 is 2.07 bits per heavy atom. The largest absolute Gasteiger partial charge is 0.473 e. The Labute approximate surface area is 158 Å². The Hall–Kier alpha value is -2.57. The standard InChI is InChI=1S/C21H22N4O2/c1-2-4-19-16(3-1)5-6-17(24-19)13-25-14-21(15-25)11-18(7-10-26-21)27-20-12-22-8-9-23-20/h1-6,8-9,12,18H,7,10-11,13-15H2/t18-/m1/s1. The van der Waals surface area contributed by atoms with Crippen LogP contribution in [0.2, 0.25) is 0 Å². The van der Waals surface area contributed by atoms with Gasteiger partial charge in [0.2, 0.25) is 5.88 Å². The van der Waals surface area contributed by atoms with Crippen LogP contribution in [0.15, 0.2) is 55.0 Å². The number of hydrogen-bond donors (Lipinski definition) is 0. The summed E-state index contributed by atoms with van der Waals surface area (Å²) in [6.45, 7) is 3.42. The first-order valence-electron chi connectivity index (χ1n) is 9.42. The number of rotatable bonds is 4. The van der Waals surface area contributed by atoms with E-state index in [1.165, 1.54) is 5.39 Å². The van der Waals surface area contributed by atoms with Gasteiger partial charge in [0.15, 0.2) is 0 Å². The zero-order valence-electron chi connectivity index (χ0n) is 15.1. The van der Waals surface area contributed by atoms with Crippen LogP contribution in [0.3, 0.4) is 0 Å². The van der Waals surface area contributed by atoms with Crippen LogP contribution in [-0.2, 0) is 11.3 Å². The molecule has 6 heteroatoms. The molecule has 2 aromatic heterocycles. The maximum atomic E-state index is 6.13. The Morgan fingerprint density at radius 3 is 2.96 bits per heavy atom. The van der Waals surface area contributed by atoms with Gasteiger partial charge in [0.05, 0.1) is 29.6 Å². The van der Waals surface area contributed by atoms with Crippen molar-refractivity contribution in [2.45, 2.75) is 31.1 Å². The van der Waals surface area contributed by atoms with E-state index in [2.05, 4.69) is 39.1 Å². The van der Waals surface area contributed by atoms with E-state index in [1.807, 2.05) is 12.1 Å². The summed E-state index contributed by atoms with van der Waals surface area (Å²) in [6, 6.07) is 12.5. The molecule has 4 heterocycles. The number of pyridine rings is 1. The fraction of sp³-hybridized carbons (Fsp3) is 0.381. The molecule has 3 aromatic rings. The third-order valence-corrected chi connectivity index (χ3v) is 5.34. The van der Waals surface area contributed by atoms with E-state index in [4.69, 9.17) is 14.5 Å². The summed E-state index contributed by atoms with van der Waals surface area (Å²) in [5.41, 5.74) is 2.06. The molecular weight excluding hydrogens is 340 g/mol. The Bertz CT molecular complexity index is 928. The molecule has 6 nitrogen and oxygen atoms in total. The van der Waals surface area contributed by atoms with Gasteiger partial charge in [0.1, 0.15) is 6.10 Å². The fourth-order valence-corrected chi connectivity index (χ4v) is 4.13. The van der Waals surface area contributed by atoms with Crippen molar-refractivity contribution < 1.29 is 9.47 Å². The molecule has 2 aliphatic heterocycles. The predicted octanol–water partition coefficient (Wildman–Crippen LogP) is 2.84. The van der Waals surface area contributed by atoms with Crippen molar-refractivity contribution in [3.63, 3.8) is 0 Å². The molecule has 1 aromatic carbocycles. The molecule has 0 unspecified atom stereocenters. The lowest BCUT2D eigenvalue weighted by atomic mass is 9.84. The van der Waals surface area contributed by atoms with E-state index < -0.39 is 0 Å². The van der Waals surface area contributed by atoms with E-state index in [0.29, 0.717) is 5.88 Å². The van der Waals surface area contributed by atoms with Crippen LogP contribution < -0.4 is 4.74 Å². The third-order valence-electron chi connectivity index (χ3n) is 5.34. The van der Waals surface area contributed by atoms with Crippen molar-refractivity contribution in [2.24, 2.45) is 0 Å². The van der Waals surface area contributed by atoms with E-state index in [1.54, 1.807) is 18.6 Å². The molecule has 27 heavy (non-hydrogen) atoms. The molecule has 0 amide bonds. The molecule has 0 bridgehead atoms. The van der Waals surface area contributed by atoms with E-state index >= 15 is 0 Å². The number of aromatic nitrogens is 3. The van der Waals surface area contributed by atoms with Gasteiger partial charge >= 0.3 is 0 Å². The average Bonchev–Trinajstić information content (AvgIpc) is 2.68. The highest BCUT2D eigenvalue weighted by atomic mass is 16.5. The second-order valence-electron chi connectivity index (χ2n) is 7.45. The maximum Gasteiger partial charge on any atom is 0.232 e. The minimum absolute atomic E-state index is 0.0953. The molecule has 5 rings (SSSR count). The Morgan fingerprint density at radius 1 is 1.15 bits per heavy atom. The first kappa shape index (κ1) is 16.6. The minimum atomic E-state index is -0.0953. The van der Waals surface area contributed by atoms with Gasteiger partial charge < -0.3 is 9.47 Å². The highest BCUT2D eigenvalue weighted by Crippen LogP contribution is 2.36. The summed E-state index contributed by atoms with van der Waals surface area (Å²) in [4.78, 5) is 15.5. The first-order valence-corrected chi connectivity index (χ1v) is 9.42. The van der Waals surface area contributed by atoms with Crippen molar-refractivity contribution in [3.05, 3.63) is 60.7 Å². The number of ether oxygens (including phenoxy) is 2. The Balaban J connectivity index is 1.20. The van der Waals surface area contributed by atoms with Crippen LogP contribution >= 0.6 is 0 Å². The molecule has 2 fully saturated rings. The summed E-state index contributed by atoms with van der Waals surface area (Å²) >= 11 is 0. The number of hydrogen-bond acceptors (Lipinski definition) is 6. The van der Waals surface area contributed by atoms with E-state index in [0.717, 1.165) is 50.3 Å². The summed E-state index contributed by atoms with van der Waals surface area (Å²) in [5, 5.41) is 1.18. The highest BCUT2D eigenvalue weighted by Gasteiger charge is 2.48. The van der Waals surface area contributed by atoms with Crippen molar-refractivity contribution >= 4 is 10.9 Å². The highest BCUT2D eigenvalue weighted by molar-refractivity contribution is 5.78. The van der Waals surface area contributed by atoms with Crippen molar-refractivity contribution in [2.75, 3.05) is 19.7 Å². The van der Waals surface area contributed by atoms with Gasteiger partial charge in [0.25, 0.3) is 0 Å². The summed E-state index contributed by atoms with van der Waals surface area (Å²) in [7, 11) is 0. The molecule has 0 radical (unpaired) electrons. The van der Waals surface area contributed by atoms with Crippen molar-refractivity contribution in [1.82, 2.24) is 19.9 Å². The predicted molar refractivity (Wildman–Crippen MR) is 101 cm³/mol. The fourth-order valence-electron chi connectivity index (χ4n) is 4.13. The lowest BCUT2D eigenvalue weighted by Gasteiger charge is -2.52. The molecule has 1 spiro atoms. The van der Waals surface area contributed by atoms with Crippen molar-refractivity contribution in [1.29, 1.82) is 0 Å². The molecule has 0 aliphatic carbocycles. The first-order chi connectivity index (χ1) is 13.3. The zero-order chi connectivity index (χ0) is 18.1. The molecule has 1 atom stereocenters. The molecule has 138 valence electrons. The smallest absolute Gasteiger partial charge is 0.232 e. The number of para-hydroxylation sites is 1. The van der Waals surface area contributed by atoms with Crippen LogP contribution in [0.4, 0.5) is 0 Å². The number of likely N-dealkylation sites (tertiary alicyclic amines) is 1. The van der Waals surface area contributed by atoms with Gasteiger partial charge in [-0.1, -0.05) is 24.3 Å². The van der Waals surface area contributed by atoms with Crippen molar-refractivity contribution in [3.8, 4) is 5.88 Å². The number of fused-ring (bicyclic) bond motifs is 1. The summed E-state index contributed by atoms with van der Waals surface area (Å²) < 4.78 is 12.1. The molecular formula is C21H22N4O2. The van der Waals surface area contributed by atoms with Crippen LogP contribution in [0.1, 0.15) is 18.5 Å². The molecule has 0 N–H and O–H groups in total. The Kier molecular flexibility index (Phi) is 4.22. The van der Waals surface area contributed by atoms with Crippen LogP contribution in [0, 0.1) is 0 Å². The van der Waals surface area contributed by atoms with Gasteiger partial charge in [-0.3, -0.25) is 14.9 Å². The lowest BCUT2D eigenvalue weighted by Crippen LogP contribution is -2.65. The molecule has 2 aliphatic rings. The number of nitrogens with zero attached hydrogens (tertiary/aromatic N) is 4. The van der Waals surface area contributed by atoms with Gasteiger partial charge in [-0.05, 0) is 12.1 Å². The minimum Gasteiger partial charge on any atom is -0.473 e. The third kappa shape index (κ3) is 3.50. The van der Waals surface area contributed by atoms with Gasteiger partial charge in [-0.2, -0.15) is 0 Å². The molecule has 0 saturated carbocycles. The number of benzene rings is 1. The monoisotopic (exact) mass is 362 g/mol. The zero-order valence-corrected chi connectivity index (χ0v) is 15.1. The van der Waals surface area contributed by atoms with Gasteiger partial charge in [-0.25, -0.2) is 4.98 Å². The van der Waals surface area contributed by atoms with Gasteiger partial charge in [0, 0.05) is 50.3 Å². The maximum absolute atomic E-state index is 6.13.